The summed E-state index contributed by atoms with van der Waals surface area (Å²) < 4.78 is 26.0. The highest BCUT2D eigenvalue weighted by atomic mass is 35.5. The van der Waals surface area contributed by atoms with Crippen LogP contribution in [-0.4, -0.2) is 42.2 Å². The van der Waals surface area contributed by atoms with E-state index >= 15 is 0 Å². The molecule has 1 aromatic carbocycles. The zero-order valence-electron chi connectivity index (χ0n) is 14.9. The van der Waals surface area contributed by atoms with E-state index in [-0.39, 0.29) is 18.0 Å². The first-order valence-corrected chi connectivity index (χ1v) is 10.9. The second-order valence-electron chi connectivity index (χ2n) is 5.85. The first kappa shape index (κ1) is 20.4. The SMILES string of the molecule is CN(CC(=O)NCc1nc(-c2ccncc2)cs1)S(=O)(=O)c1ccc(Cl)cc1. The van der Waals surface area contributed by atoms with Crippen LogP contribution in [0.5, 0.6) is 0 Å². The number of hydrogen-bond acceptors (Lipinski definition) is 6. The van der Waals surface area contributed by atoms with Crippen LogP contribution in [0.3, 0.4) is 0 Å². The summed E-state index contributed by atoms with van der Waals surface area (Å²) in [5.74, 6) is -0.416. The van der Waals surface area contributed by atoms with E-state index in [1.54, 1.807) is 12.4 Å². The second kappa shape index (κ2) is 8.78. The molecule has 3 aromatic rings. The van der Waals surface area contributed by atoms with E-state index in [1.165, 1.54) is 42.6 Å². The van der Waals surface area contributed by atoms with Crippen molar-refractivity contribution >= 4 is 38.9 Å². The van der Waals surface area contributed by atoms with Crippen LogP contribution in [0.15, 0.2) is 59.1 Å². The fraction of sp³-hybridized carbons (Fsp3) is 0.167. The molecule has 2 heterocycles. The molecular formula is C18H17ClN4O3S2. The number of rotatable bonds is 7. The number of sulfonamides is 1. The largest absolute Gasteiger partial charge is 0.348 e. The van der Waals surface area contributed by atoms with Crippen LogP contribution < -0.4 is 5.32 Å². The van der Waals surface area contributed by atoms with Crippen molar-refractivity contribution in [3.63, 3.8) is 0 Å². The molecule has 0 atom stereocenters. The Labute approximate surface area is 172 Å². The third-order valence-corrected chi connectivity index (χ3v) is 6.77. The number of nitrogens with one attached hydrogen (secondary N) is 1. The Morgan fingerprint density at radius 2 is 1.86 bits per heavy atom. The molecule has 3 rings (SSSR count). The molecule has 1 amide bonds. The topological polar surface area (TPSA) is 92.3 Å². The van der Waals surface area contributed by atoms with E-state index in [0.717, 1.165) is 20.6 Å². The number of carbonyl (C=O) groups excluding carboxylic acids is 1. The van der Waals surface area contributed by atoms with Gasteiger partial charge in [-0.25, -0.2) is 13.4 Å². The molecule has 2 aromatic heterocycles. The lowest BCUT2D eigenvalue weighted by atomic mass is 10.2. The van der Waals surface area contributed by atoms with Crippen LogP contribution in [0.4, 0.5) is 0 Å². The minimum absolute atomic E-state index is 0.0779. The van der Waals surface area contributed by atoms with Crippen molar-refractivity contribution < 1.29 is 13.2 Å². The predicted octanol–water partition coefficient (Wildman–Crippen LogP) is 2.80. The summed E-state index contributed by atoms with van der Waals surface area (Å²) in [6, 6.07) is 9.50. The fourth-order valence-electron chi connectivity index (χ4n) is 2.35. The lowest BCUT2D eigenvalue weighted by Crippen LogP contribution is -2.38. The smallest absolute Gasteiger partial charge is 0.243 e. The van der Waals surface area contributed by atoms with Crippen LogP contribution in [-0.2, 0) is 21.4 Å². The Bertz CT molecular complexity index is 1050. The third-order valence-electron chi connectivity index (χ3n) is 3.85. The fourth-order valence-corrected chi connectivity index (χ4v) is 4.35. The van der Waals surface area contributed by atoms with Gasteiger partial charge in [0, 0.05) is 35.4 Å². The minimum atomic E-state index is -3.77. The molecule has 0 saturated heterocycles. The van der Waals surface area contributed by atoms with Gasteiger partial charge in [0.15, 0.2) is 0 Å². The number of benzene rings is 1. The van der Waals surface area contributed by atoms with E-state index in [9.17, 15) is 13.2 Å². The third kappa shape index (κ3) is 4.93. The first-order valence-electron chi connectivity index (χ1n) is 8.19. The number of likely N-dealkylation sites (N-methyl/N-ethyl adjacent to an activating group) is 1. The summed E-state index contributed by atoms with van der Waals surface area (Å²) in [6.07, 6.45) is 3.38. The molecule has 0 aliphatic heterocycles. The van der Waals surface area contributed by atoms with Crippen LogP contribution in [0.2, 0.25) is 5.02 Å². The molecular weight excluding hydrogens is 420 g/mol. The molecule has 0 fully saturated rings. The average Bonchev–Trinajstić information content (AvgIpc) is 3.16. The number of nitrogens with zero attached hydrogens (tertiary/aromatic N) is 3. The van der Waals surface area contributed by atoms with Gasteiger partial charge in [0.1, 0.15) is 5.01 Å². The zero-order chi connectivity index (χ0) is 20.1. The number of carbonyl (C=O) groups is 1. The molecule has 0 saturated carbocycles. The van der Waals surface area contributed by atoms with Crippen molar-refractivity contribution in [3.05, 3.63) is 64.2 Å². The van der Waals surface area contributed by atoms with E-state index in [1.807, 2.05) is 17.5 Å². The molecule has 0 unspecified atom stereocenters. The van der Waals surface area contributed by atoms with Crippen molar-refractivity contribution in [2.24, 2.45) is 0 Å². The number of amides is 1. The van der Waals surface area contributed by atoms with Crippen molar-refractivity contribution in [2.75, 3.05) is 13.6 Å². The van der Waals surface area contributed by atoms with Crippen LogP contribution in [0.25, 0.3) is 11.3 Å². The van der Waals surface area contributed by atoms with Gasteiger partial charge in [-0.3, -0.25) is 9.78 Å². The predicted molar refractivity (Wildman–Crippen MR) is 108 cm³/mol. The summed E-state index contributed by atoms with van der Waals surface area (Å²) in [5, 5.41) is 5.76. The van der Waals surface area contributed by atoms with Gasteiger partial charge in [-0.2, -0.15) is 4.31 Å². The second-order valence-corrected chi connectivity index (χ2v) is 9.28. The first-order chi connectivity index (χ1) is 13.4. The molecule has 1 N–H and O–H groups in total. The molecule has 10 heteroatoms. The quantitative estimate of drug-likeness (QED) is 0.614. The van der Waals surface area contributed by atoms with Crippen LogP contribution >= 0.6 is 22.9 Å². The number of hydrogen-bond donors (Lipinski definition) is 1. The van der Waals surface area contributed by atoms with Gasteiger partial charge >= 0.3 is 0 Å². The zero-order valence-corrected chi connectivity index (χ0v) is 17.3. The molecule has 0 radical (unpaired) electrons. The van der Waals surface area contributed by atoms with E-state index in [4.69, 9.17) is 11.6 Å². The Morgan fingerprint density at radius 3 is 2.54 bits per heavy atom. The summed E-state index contributed by atoms with van der Waals surface area (Å²) in [7, 11) is -2.42. The van der Waals surface area contributed by atoms with Crippen LogP contribution in [0, 0.1) is 0 Å². The lowest BCUT2D eigenvalue weighted by Gasteiger charge is -2.16. The number of thiazole rings is 1. The monoisotopic (exact) mass is 436 g/mol. The van der Waals surface area contributed by atoms with Crippen molar-refractivity contribution in [3.8, 4) is 11.3 Å². The van der Waals surface area contributed by atoms with Gasteiger partial charge in [-0.05, 0) is 36.4 Å². The summed E-state index contributed by atoms with van der Waals surface area (Å²) in [4.78, 5) is 20.7. The van der Waals surface area contributed by atoms with Crippen LogP contribution in [0.1, 0.15) is 5.01 Å². The molecule has 0 aliphatic carbocycles. The van der Waals surface area contributed by atoms with Gasteiger partial charge in [0.2, 0.25) is 15.9 Å². The van der Waals surface area contributed by atoms with Crippen molar-refractivity contribution in [2.45, 2.75) is 11.4 Å². The van der Waals surface area contributed by atoms with E-state index in [2.05, 4.69) is 15.3 Å². The number of halogens is 1. The molecule has 7 nitrogen and oxygen atoms in total. The summed E-state index contributed by atoms with van der Waals surface area (Å²) in [5.41, 5.74) is 1.75. The number of aromatic nitrogens is 2. The number of pyridine rings is 1. The van der Waals surface area contributed by atoms with E-state index < -0.39 is 15.9 Å². The highest BCUT2D eigenvalue weighted by Gasteiger charge is 2.22. The average molecular weight is 437 g/mol. The maximum atomic E-state index is 12.5. The molecule has 0 aliphatic rings. The van der Waals surface area contributed by atoms with Gasteiger partial charge in [0.25, 0.3) is 0 Å². The van der Waals surface area contributed by atoms with Crippen molar-refractivity contribution in [1.82, 2.24) is 19.6 Å². The Hall–Kier alpha value is -2.33. The van der Waals surface area contributed by atoms with Gasteiger partial charge in [0.05, 0.1) is 23.7 Å². The molecule has 0 bridgehead atoms. The highest BCUT2D eigenvalue weighted by molar-refractivity contribution is 7.89. The normalized spacial score (nSPS) is 11.5. The highest BCUT2D eigenvalue weighted by Crippen LogP contribution is 2.21. The van der Waals surface area contributed by atoms with Gasteiger partial charge in [-0.1, -0.05) is 11.6 Å². The van der Waals surface area contributed by atoms with E-state index in [0.29, 0.717) is 5.02 Å². The Kier molecular flexibility index (Phi) is 6.40. The summed E-state index contributed by atoms with van der Waals surface area (Å²) >= 11 is 7.20. The van der Waals surface area contributed by atoms with Gasteiger partial charge in [-0.15, -0.1) is 11.3 Å². The van der Waals surface area contributed by atoms with Gasteiger partial charge < -0.3 is 5.32 Å². The van der Waals surface area contributed by atoms with Crippen molar-refractivity contribution in [1.29, 1.82) is 0 Å². The minimum Gasteiger partial charge on any atom is -0.348 e. The maximum absolute atomic E-state index is 12.5. The maximum Gasteiger partial charge on any atom is 0.243 e. The Morgan fingerprint density at radius 1 is 1.18 bits per heavy atom. The molecule has 146 valence electrons. The molecule has 28 heavy (non-hydrogen) atoms. The Balaban J connectivity index is 1.57. The lowest BCUT2D eigenvalue weighted by molar-refractivity contribution is -0.121. The molecule has 0 spiro atoms. The standard InChI is InChI=1S/C18H17ClN4O3S2/c1-23(28(25,26)15-4-2-14(19)3-5-15)11-17(24)21-10-18-22-16(12-27-18)13-6-8-20-9-7-13/h2-9,12H,10-11H2,1H3,(H,21,24). The summed E-state index contributed by atoms with van der Waals surface area (Å²) in [6.45, 7) is -0.0725.